The van der Waals surface area contributed by atoms with Gasteiger partial charge in [-0.15, -0.1) is 0 Å². The van der Waals surface area contributed by atoms with Crippen LogP contribution in [-0.2, 0) is 6.42 Å². The van der Waals surface area contributed by atoms with Crippen LogP contribution < -0.4 is 4.90 Å². The Hall–Kier alpha value is -1.76. The minimum absolute atomic E-state index is 0.0191. The van der Waals surface area contributed by atoms with E-state index in [1.165, 1.54) is 5.56 Å². The van der Waals surface area contributed by atoms with Gasteiger partial charge in [-0.3, -0.25) is 9.69 Å². The van der Waals surface area contributed by atoms with Crippen LogP contribution in [0.15, 0.2) is 46.9 Å². The molecular weight excluding hydrogens is 434 g/mol. The summed E-state index contributed by atoms with van der Waals surface area (Å²) < 4.78 is 1.93. The molecule has 28 heavy (non-hydrogen) atoms. The molecule has 4 nitrogen and oxygen atoms in total. The standard InChI is InChI=1S/C22H26BrN3OS/c1-4-16-11-12-19-20(15-16)28-22(24-19)26(14-13-25(5-2)6-3)21(27)17-9-7-8-10-18(17)23/h7-12,15H,4-6,13-14H2,1-3H3. The molecule has 1 amide bonds. The average molecular weight is 460 g/mol. The van der Waals surface area contributed by atoms with Gasteiger partial charge in [-0.25, -0.2) is 4.98 Å². The topological polar surface area (TPSA) is 36.4 Å². The molecule has 0 fully saturated rings. The van der Waals surface area contributed by atoms with Crippen molar-refractivity contribution in [3.05, 3.63) is 58.1 Å². The van der Waals surface area contributed by atoms with E-state index in [4.69, 9.17) is 4.98 Å². The quantitative estimate of drug-likeness (QED) is 0.439. The second-order valence-corrected chi connectivity index (χ2v) is 8.48. The Morgan fingerprint density at radius 1 is 1.07 bits per heavy atom. The number of nitrogens with zero attached hydrogens (tertiary/aromatic N) is 3. The largest absolute Gasteiger partial charge is 0.302 e. The van der Waals surface area contributed by atoms with Gasteiger partial charge in [0.25, 0.3) is 5.91 Å². The first-order valence-corrected chi connectivity index (χ1v) is 11.4. The molecule has 0 spiro atoms. The first-order chi connectivity index (χ1) is 13.6. The van der Waals surface area contributed by atoms with Crippen LogP contribution in [-0.4, -0.2) is 42.0 Å². The summed E-state index contributed by atoms with van der Waals surface area (Å²) in [6.07, 6.45) is 0.991. The van der Waals surface area contributed by atoms with E-state index in [0.717, 1.165) is 45.9 Å². The number of hydrogen-bond donors (Lipinski definition) is 0. The number of aromatic nitrogens is 1. The Morgan fingerprint density at radius 3 is 2.50 bits per heavy atom. The monoisotopic (exact) mass is 459 g/mol. The molecule has 6 heteroatoms. The van der Waals surface area contributed by atoms with Crippen molar-refractivity contribution in [3.63, 3.8) is 0 Å². The van der Waals surface area contributed by atoms with Crippen molar-refractivity contribution in [1.29, 1.82) is 0 Å². The molecule has 0 aliphatic carbocycles. The zero-order valence-corrected chi connectivity index (χ0v) is 19.0. The Morgan fingerprint density at radius 2 is 1.82 bits per heavy atom. The van der Waals surface area contributed by atoms with Crippen LogP contribution in [0.25, 0.3) is 10.2 Å². The second-order valence-electron chi connectivity index (χ2n) is 6.62. The fourth-order valence-corrected chi connectivity index (χ4v) is 4.65. The van der Waals surface area contributed by atoms with Gasteiger partial charge in [0.05, 0.1) is 15.8 Å². The van der Waals surface area contributed by atoms with Crippen LogP contribution in [0.1, 0.15) is 36.7 Å². The third kappa shape index (κ3) is 4.62. The molecular formula is C22H26BrN3OS. The van der Waals surface area contributed by atoms with Gasteiger partial charge in [0.1, 0.15) is 0 Å². The normalized spacial score (nSPS) is 11.3. The summed E-state index contributed by atoms with van der Waals surface area (Å²) in [6.45, 7) is 9.80. The number of anilines is 1. The summed E-state index contributed by atoms with van der Waals surface area (Å²) in [5.74, 6) is -0.0191. The molecule has 0 saturated heterocycles. The van der Waals surface area contributed by atoms with Crippen LogP contribution >= 0.6 is 27.3 Å². The minimum atomic E-state index is -0.0191. The SMILES string of the molecule is CCc1ccc2nc(N(CCN(CC)CC)C(=O)c3ccccc3Br)sc2c1. The van der Waals surface area contributed by atoms with Gasteiger partial charge in [0, 0.05) is 17.6 Å². The summed E-state index contributed by atoms with van der Waals surface area (Å²) in [4.78, 5) is 22.3. The molecule has 0 saturated carbocycles. The van der Waals surface area contributed by atoms with Crippen LogP contribution in [0, 0.1) is 0 Å². The van der Waals surface area contributed by atoms with Gasteiger partial charge in [0.15, 0.2) is 5.13 Å². The molecule has 0 atom stereocenters. The molecule has 0 aliphatic rings. The number of fused-ring (bicyclic) bond motifs is 1. The maximum absolute atomic E-state index is 13.4. The highest BCUT2D eigenvalue weighted by Crippen LogP contribution is 2.31. The summed E-state index contributed by atoms with van der Waals surface area (Å²) in [6, 6.07) is 13.9. The average Bonchev–Trinajstić information content (AvgIpc) is 3.14. The highest BCUT2D eigenvalue weighted by atomic mass is 79.9. The lowest BCUT2D eigenvalue weighted by atomic mass is 10.2. The maximum atomic E-state index is 13.4. The van der Waals surface area contributed by atoms with Gasteiger partial charge < -0.3 is 4.90 Å². The van der Waals surface area contributed by atoms with E-state index in [2.05, 4.69) is 59.8 Å². The fourth-order valence-electron chi connectivity index (χ4n) is 3.14. The molecule has 3 aromatic rings. The van der Waals surface area contributed by atoms with Crippen molar-refractivity contribution >= 4 is 48.5 Å². The number of carbonyl (C=O) groups excluding carboxylic acids is 1. The predicted molar refractivity (Wildman–Crippen MR) is 123 cm³/mol. The van der Waals surface area contributed by atoms with Crippen LogP contribution in [0.4, 0.5) is 5.13 Å². The van der Waals surface area contributed by atoms with Crippen LogP contribution in [0.2, 0.25) is 0 Å². The predicted octanol–water partition coefficient (Wildman–Crippen LogP) is 5.61. The lowest BCUT2D eigenvalue weighted by Gasteiger charge is -2.25. The van der Waals surface area contributed by atoms with E-state index in [1.807, 2.05) is 29.2 Å². The number of likely N-dealkylation sites (N-methyl/N-ethyl adjacent to an activating group) is 1. The van der Waals surface area contributed by atoms with E-state index in [0.29, 0.717) is 12.1 Å². The number of amides is 1. The third-order valence-electron chi connectivity index (χ3n) is 4.96. The first kappa shape index (κ1) is 21.0. The Balaban J connectivity index is 1.97. The van der Waals surface area contributed by atoms with Gasteiger partial charge >= 0.3 is 0 Å². The molecule has 0 aliphatic heterocycles. The number of halogens is 1. The molecule has 148 valence electrons. The third-order valence-corrected chi connectivity index (χ3v) is 6.70. The minimum Gasteiger partial charge on any atom is -0.302 e. The van der Waals surface area contributed by atoms with Crippen molar-refractivity contribution in [2.75, 3.05) is 31.1 Å². The van der Waals surface area contributed by atoms with Gasteiger partial charge in [-0.1, -0.05) is 50.3 Å². The molecule has 0 N–H and O–H groups in total. The highest BCUT2D eigenvalue weighted by molar-refractivity contribution is 9.10. The number of aryl methyl sites for hydroxylation is 1. The molecule has 1 aromatic heterocycles. The van der Waals surface area contributed by atoms with Crippen molar-refractivity contribution in [2.45, 2.75) is 27.2 Å². The summed E-state index contributed by atoms with van der Waals surface area (Å²) in [5.41, 5.74) is 2.90. The van der Waals surface area contributed by atoms with E-state index >= 15 is 0 Å². The van der Waals surface area contributed by atoms with Crippen molar-refractivity contribution in [3.8, 4) is 0 Å². The molecule has 1 heterocycles. The van der Waals surface area contributed by atoms with E-state index in [9.17, 15) is 4.79 Å². The molecule has 3 rings (SSSR count). The molecule has 0 bridgehead atoms. The zero-order valence-electron chi connectivity index (χ0n) is 16.6. The summed E-state index contributed by atoms with van der Waals surface area (Å²) >= 11 is 5.11. The smallest absolute Gasteiger partial charge is 0.261 e. The highest BCUT2D eigenvalue weighted by Gasteiger charge is 2.23. The van der Waals surface area contributed by atoms with Crippen molar-refractivity contribution in [1.82, 2.24) is 9.88 Å². The Kier molecular flexibility index (Phi) is 7.21. The maximum Gasteiger partial charge on any atom is 0.261 e. The fraction of sp³-hybridized carbons (Fsp3) is 0.364. The van der Waals surface area contributed by atoms with E-state index in [-0.39, 0.29) is 5.91 Å². The lowest BCUT2D eigenvalue weighted by molar-refractivity contribution is 0.0983. The van der Waals surface area contributed by atoms with Crippen LogP contribution in [0.3, 0.4) is 0 Å². The van der Waals surface area contributed by atoms with Gasteiger partial charge in [-0.2, -0.15) is 0 Å². The molecule has 0 radical (unpaired) electrons. The van der Waals surface area contributed by atoms with E-state index in [1.54, 1.807) is 11.3 Å². The number of carbonyl (C=O) groups is 1. The number of rotatable bonds is 8. The molecule has 2 aromatic carbocycles. The zero-order chi connectivity index (χ0) is 20.1. The summed E-state index contributed by atoms with van der Waals surface area (Å²) in [5, 5.41) is 0.760. The van der Waals surface area contributed by atoms with E-state index < -0.39 is 0 Å². The number of thiazole rings is 1. The van der Waals surface area contributed by atoms with Gasteiger partial charge in [0.2, 0.25) is 0 Å². The second kappa shape index (κ2) is 9.63. The van der Waals surface area contributed by atoms with Gasteiger partial charge in [-0.05, 0) is 65.3 Å². The Bertz CT molecular complexity index is 952. The van der Waals surface area contributed by atoms with Crippen molar-refractivity contribution < 1.29 is 4.79 Å². The van der Waals surface area contributed by atoms with Crippen LogP contribution in [0.5, 0.6) is 0 Å². The lowest BCUT2D eigenvalue weighted by Crippen LogP contribution is -2.39. The van der Waals surface area contributed by atoms with Crippen molar-refractivity contribution in [2.24, 2.45) is 0 Å². The number of hydrogen-bond acceptors (Lipinski definition) is 4. The Labute approximate surface area is 179 Å². The molecule has 0 unspecified atom stereocenters. The summed E-state index contributed by atoms with van der Waals surface area (Å²) in [7, 11) is 0. The number of benzene rings is 2. The first-order valence-electron chi connectivity index (χ1n) is 9.75.